The van der Waals surface area contributed by atoms with E-state index in [0.29, 0.717) is 19.1 Å². The summed E-state index contributed by atoms with van der Waals surface area (Å²) >= 11 is 0. The maximum atomic E-state index is 9.24. The summed E-state index contributed by atoms with van der Waals surface area (Å²) in [5.74, 6) is 1.44. The molecule has 0 aliphatic carbocycles. The smallest absolute Gasteiger partial charge is 0.123 e. The Morgan fingerprint density at radius 1 is 1.38 bits per heavy atom. The predicted octanol–water partition coefficient (Wildman–Crippen LogP) is 1.96. The fourth-order valence-corrected chi connectivity index (χ4v) is 2.96. The topological polar surface area (TPSA) is 35.9 Å². The predicted molar refractivity (Wildman–Crippen MR) is 85.5 cm³/mol. The van der Waals surface area contributed by atoms with E-state index in [1.54, 1.807) is 0 Å². The second-order valence-corrected chi connectivity index (χ2v) is 6.19. The summed E-state index contributed by atoms with van der Waals surface area (Å²) in [5, 5.41) is 9.24. The van der Waals surface area contributed by atoms with Gasteiger partial charge < -0.3 is 14.7 Å². The third-order valence-electron chi connectivity index (χ3n) is 3.95. The van der Waals surface area contributed by atoms with E-state index >= 15 is 0 Å². The number of aliphatic hydroxyl groups excluding tert-OH is 1. The molecule has 21 heavy (non-hydrogen) atoms. The van der Waals surface area contributed by atoms with Gasteiger partial charge in [-0.05, 0) is 57.6 Å². The molecule has 4 heteroatoms. The second kappa shape index (κ2) is 7.78. The van der Waals surface area contributed by atoms with E-state index in [9.17, 15) is 5.11 Å². The molecule has 0 saturated carbocycles. The zero-order valence-electron chi connectivity index (χ0n) is 13.5. The monoisotopic (exact) mass is 292 g/mol. The van der Waals surface area contributed by atoms with Crippen molar-refractivity contribution in [3.63, 3.8) is 0 Å². The number of hydrogen-bond acceptors (Lipinski definition) is 4. The first-order valence-electron chi connectivity index (χ1n) is 7.85. The molecule has 1 aromatic rings. The van der Waals surface area contributed by atoms with E-state index in [-0.39, 0.29) is 0 Å². The number of hydrogen-bond donors (Lipinski definition) is 1. The average molecular weight is 292 g/mol. The molecule has 1 aliphatic rings. The highest BCUT2D eigenvalue weighted by molar-refractivity contribution is 5.37. The van der Waals surface area contributed by atoms with Crippen LogP contribution in [0.25, 0.3) is 0 Å². The zero-order valence-corrected chi connectivity index (χ0v) is 13.5. The van der Waals surface area contributed by atoms with Gasteiger partial charge in [0.15, 0.2) is 0 Å². The Morgan fingerprint density at radius 3 is 2.81 bits per heavy atom. The third-order valence-corrected chi connectivity index (χ3v) is 3.95. The minimum Gasteiger partial charge on any atom is -0.494 e. The maximum Gasteiger partial charge on any atom is 0.123 e. The number of aliphatic hydroxyl groups is 1. The van der Waals surface area contributed by atoms with Crippen LogP contribution < -0.4 is 4.74 Å². The second-order valence-electron chi connectivity index (χ2n) is 6.19. The highest BCUT2D eigenvalue weighted by Crippen LogP contribution is 2.24. The largest absolute Gasteiger partial charge is 0.494 e. The molecule has 1 N–H and O–H groups in total. The van der Waals surface area contributed by atoms with E-state index in [4.69, 9.17) is 4.74 Å². The number of nitrogens with zero attached hydrogens (tertiary/aromatic N) is 2. The first-order valence-corrected chi connectivity index (χ1v) is 7.85. The molecule has 1 fully saturated rings. The molecule has 1 atom stereocenters. The van der Waals surface area contributed by atoms with E-state index < -0.39 is 0 Å². The molecule has 0 amide bonds. The fraction of sp³-hybridized carbons (Fsp3) is 0.647. The van der Waals surface area contributed by atoms with Gasteiger partial charge in [0.25, 0.3) is 0 Å². The van der Waals surface area contributed by atoms with E-state index in [2.05, 4.69) is 42.1 Å². The molecule has 2 rings (SSSR count). The van der Waals surface area contributed by atoms with Crippen molar-refractivity contribution in [1.82, 2.24) is 9.80 Å². The Kier molecular flexibility index (Phi) is 6.03. The van der Waals surface area contributed by atoms with E-state index in [1.165, 1.54) is 11.1 Å². The van der Waals surface area contributed by atoms with Crippen LogP contribution in [0.1, 0.15) is 24.5 Å². The van der Waals surface area contributed by atoms with Gasteiger partial charge in [-0.3, -0.25) is 4.90 Å². The van der Waals surface area contributed by atoms with Gasteiger partial charge in [-0.2, -0.15) is 0 Å². The molecule has 1 saturated heterocycles. The quantitative estimate of drug-likeness (QED) is 0.833. The molecule has 1 aliphatic heterocycles. The van der Waals surface area contributed by atoms with Crippen molar-refractivity contribution in [1.29, 1.82) is 0 Å². The molecular weight excluding hydrogens is 264 g/mol. The van der Waals surface area contributed by atoms with E-state index in [0.717, 1.165) is 38.3 Å². The maximum absolute atomic E-state index is 9.24. The van der Waals surface area contributed by atoms with Gasteiger partial charge in [0.2, 0.25) is 0 Å². The summed E-state index contributed by atoms with van der Waals surface area (Å²) in [7, 11) is 4.16. The third kappa shape index (κ3) is 4.70. The Balaban J connectivity index is 2.06. The molecule has 4 nitrogen and oxygen atoms in total. The molecule has 0 unspecified atom stereocenters. The first-order chi connectivity index (χ1) is 10.1. The van der Waals surface area contributed by atoms with Crippen LogP contribution >= 0.6 is 0 Å². The summed E-state index contributed by atoms with van der Waals surface area (Å²) in [5.41, 5.74) is 2.58. The van der Waals surface area contributed by atoms with Crippen molar-refractivity contribution in [2.45, 2.75) is 26.4 Å². The van der Waals surface area contributed by atoms with Gasteiger partial charge in [0.05, 0.1) is 6.61 Å². The minimum atomic E-state index is 0.311. The summed E-state index contributed by atoms with van der Waals surface area (Å²) < 4.78 is 5.72. The van der Waals surface area contributed by atoms with Crippen LogP contribution in [0.15, 0.2) is 18.2 Å². The van der Waals surface area contributed by atoms with Gasteiger partial charge >= 0.3 is 0 Å². The van der Waals surface area contributed by atoms with Gasteiger partial charge in [0, 0.05) is 31.8 Å². The molecule has 0 spiro atoms. The highest BCUT2D eigenvalue weighted by atomic mass is 16.5. The Hall–Kier alpha value is -1.10. The average Bonchev–Trinajstić information content (AvgIpc) is 2.89. The molecule has 118 valence electrons. The number of benzene rings is 1. The van der Waals surface area contributed by atoms with Crippen LogP contribution in [0.2, 0.25) is 0 Å². The van der Waals surface area contributed by atoms with Crippen LogP contribution in [-0.2, 0) is 13.1 Å². The van der Waals surface area contributed by atoms with Crippen LogP contribution in [-0.4, -0.2) is 55.3 Å². The molecule has 1 heterocycles. The minimum absolute atomic E-state index is 0.311. The summed E-state index contributed by atoms with van der Waals surface area (Å²) in [6.07, 6.45) is 1.11. The van der Waals surface area contributed by atoms with Crippen LogP contribution in [0.5, 0.6) is 5.75 Å². The number of ether oxygens (including phenoxy) is 1. The lowest BCUT2D eigenvalue weighted by atomic mass is 10.1. The van der Waals surface area contributed by atoms with Crippen molar-refractivity contribution in [3.05, 3.63) is 29.3 Å². The highest BCUT2D eigenvalue weighted by Gasteiger charge is 2.21. The Labute approximate surface area is 128 Å². The van der Waals surface area contributed by atoms with Gasteiger partial charge in [0.1, 0.15) is 5.75 Å². The number of rotatable bonds is 7. The lowest BCUT2D eigenvalue weighted by Gasteiger charge is -2.19. The van der Waals surface area contributed by atoms with Crippen molar-refractivity contribution in [2.75, 3.05) is 40.4 Å². The van der Waals surface area contributed by atoms with Crippen LogP contribution in [0.3, 0.4) is 0 Å². The van der Waals surface area contributed by atoms with Crippen molar-refractivity contribution in [3.8, 4) is 5.75 Å². The first kappa shape index (κ1) is 16.3. The van der Waals surface area contributed by atoms with Gasteiger partial charge in [-0.25, -0.2) is 0 Å². The van der Waals surface area contributed by atoms with Crippen LogP contribution in [0, 0.1) is 5.92 Å². The molecule has 0 radical (unpaired) electrons. The molecule has 0 bridgehead atoms. The summed E-state index contributed by atoms with van der Waals surface area (Å²) in [6, 6.07) is 6.52. The molecule has 0 aromatic heterocycles. The zero-order chi connectivity index (χ0) is 15.2. The van der Waals surface area contributed by atoms with E-state index in [1.807, 2.05) is 6.92 Å². The molecular formula is C17H28N2O2. The van der Waals surface area contributed by atoms with Crippen molar-refractivity contribution >= 4 is 0 Å². The lowest BCUT2D eigenvalue weighted by molar-refractivity contribution is 0.220. The number of likely N-dealkylation sites (tertiary alicyclic amines) is 1. The standard InChI is InChI=1S/C17H28N2O2/c1-4-21-17-6-5-14(9-16(17)12-18(2)3)10-19-8-7-15(11-19)13-20/h5-6,9,15,20H,4,7-8,10-13H2,1-3H3/t15-/m1/s1. The van der Waals surface area contributed by atoms with Crippen LogP contribution in [0.4, 0.5) is 0 Å². The molecule has 1 aromatic carbocycles. The van der Waals surface area contributed by atoms with Crippen molar-refractivity contribution in [2.24, 2.45) is 5.92 Å². The van der Waals surface area contributed by atoms with Gasteiger partial charge in [-0.1, -0.05) is 6.07 Å². The van der Waals surface area contributed by atoms with Crippen molar-refractivity contribution < 1.29 is 9.84 Å². The summed E-state index contributed by atoms with van der Waals surface area (Å²) in [6.45, 7) is 6.97. The fourth-order valence-electron chi connectivity index (χ4n) is 2.96. The lowest BCUT2D eigenvalue weighted by Crippen LogP contribution is -2.21. The normalized spacial score (nSPS) is 19.4. The Bertz CT molecular complexity index is 448. The SMILES string of the molecule is CCOc1ccc(CN2CC[C@@H](CO)C2)cc1CN(C)C. The summed E-state index contributed by atoms with van der Waals surface area (Å²) in [4.78, 5) is 4.59. The Morgan fingerprint density at radius 2 is 2.19 bits per heavy atom. The van der Waals surface area contributed by atoms with Gasteiger partial charge in [-0.15, -0.1) is 0 Å².